The number of pyridine rings is 1. The van der Waals surface area contributed by atoms with E-state index in [0.717, 1.165) is 22.9 Å². The minimum absolute atomic E-state index is 0.127. The fourth-order valence-electron chi connectivity index (χ4n) is 3.27. The number of aromatic nitrogens is 3. The van der Waals surface area contributed by atoms with Gasteiger partial charge >= 0.3 is 0 Å². The molecule has 0 N–H and O–H groups in total. The monoisotopic (exact) mass is 411 g/mol. The predicted octanol–water partition coefficient (Wildman–Crippen LogP) is 1.63. The maximum absolute atomic E-state index is 12.9. The number of rotatable bonds is 5. The van der Waals surface area contributed by atoms with Crippen LogP contribution in [0.5, 0.6) is 0 Å². The maximum atomic E-state index is 12.9. The van der Waals surface area contributed by atoms with Crippen LogP contribution < -0.4 is 0 Å². The molecular weight excluding hydrogens is 390 g/mol. The number of ether oxygens (including phenoxy) is 1. The number of amides is 2. The van der Waals surface area contributed by atoms with Crippen LogP contribution in [0.25, 0.3) is 11.0 Å². The molecule has 1 atom stereocenters. The van der Waals surface area contributed by atoms with Crippen molar-refractivity contribution in [1.82, 2.24) is 23.5 Å². The molecule has 2 amide bonds. The number of benzene rings is 1. The van der Waals surface area contributed by atoms with E-state index < -0.39 is 6.10 Å². The molecule has 1 aliphatic rings. The first-order chi connectivity index (χ1) is 14.1. The van der Waals surface area contributed by atoms with E-state index in [0.29, 0.717) is 37.2 Å². The highest BCUT2D eigenvalue weighted by atomic mass is 32.1. The van der Waals surface area contributed by atoms with Crippen molar-refractivity contribution in [1.29, 1.82) is 0 Å². The topological polar surface area (TPSA) is 88.5 Å². The van der Waals surface area contributed by atoms with Crippen LogP contribution in [0.4, 0.5) is 0 Å². The molecule has 8 nitrogen and oxygen atoms in total. The summed E-state index contributed by atoms with van der Waals surface area (Å²) in [5.41, 5.74) is 2.95. The Balaban J connectivity index is 1.37. The number of likely N-dealkylation sites (N-methyl/N-ethyl adjacent to an activating group) is 1. The summed E-state index contributed by atoms with van der Waals surface area (Å²) in [5.74, 6) is -0.255. The number of carbonyl (C=O) groups is 2. The van der Waals surface area contributed by atoms with Crippen LogP contribution in [0.15, 0.2) is 42.6 Å². The van der Waals surface area contributed by atoms with Crippen molar-refractivity contribution in [3.8, 4) is 0 Å². The van der Waals surface area contributed by atoms with E-state index >= 15 is 0 Å². The van der Waals surface area contributed by atoms with Crippen LogP contribution in [0.1, 0.15) is 16.1 Å². The third-order valence-electron chi connectivity index (χ3n) is 4.94. The molecule has 3 heterocycles. The van der Waals surface area contributed by atoms with E-state index in [1.54, 1.807) is 41.2 Å². The van der Waals surface area contributed by atoms with E-state index in [-0.39, 0.29) is 18.4 Å². The van der Waals surface area contributed by atoms with Gasteiger partial charge in [0.05, 0.1) is 24.9 Å². The smallest absolute Gasteiger partial charge is 0.254 e. The largest absolute Gasteiger partial charge is 0.365 e. The summed E-state index contributed by atoms with van der Waals surface area (Å²) in [7, 11) is 1.75. The van der Waals surface area contributed by atoms with E-state index in [1.165, 1.54) is 0 Å². The quantitative estimate of drug-likeness (QED) is 0.634. The molecule has 3 aromatic rings. The fraction of sp³-hybridized carbons (Fsp3) is 0.350. The van der Waals surface area contributed by atoms with Crippen LogP contribution in [0, 0.1) is 0 Å². The third-order valence-corrected chi connectivity index (χ3v) is 5.49. The lowest BCUT2D eigenvalue weighted by atomic mass is 10.1. The zero-order valence-corrected chi connectivity index (χ0v) is 16.8. The number of nitrogens with zero attached hydrogens (tertiary/aromatic N) is 5. The van der Waals surface area contributed by atoms with Crippen molar-refractivity contribution in [2.24, 2.45) is 0 Å². The highest BCUT2D eigenvalue weighted by Crippen LogP contribution is 2.17. The van der Waals surface area contributed by atoms with Crippen molar-refractivity contribution >= 4 is 34.6 Å². The summed E-state index contributed by atoms with van der Waals surface area (Å²) < 4.78 is 14.0. The van der Waals surface area contributed by atoms with Crippen LogP contribution in [-0.2, 0) is 16.0 Å². The lowest BCUT2D eigenvalue weighted by molar-refractivity contribution is -0.146. The number of hydrogen-bond donors (Lipinski definition) is 0. The second-order valence-corrected chi connectivity index (χ2v) is 7.44. The minimum Gasteiger partial charge on any atom is -0.365 e. The Labute approximate surface area is 172 Å². The SMILES string of the molecule is CN(CCc1ccccn1)C(=O)[C@@H]1CN(C(=O)c2ccc3nsnc3c2)CCO1. The highest BCUT2D eigenvalue weighted by Gasteiger charge is 2.31. The van der Waals surface area contributed by atoms with Gasteiger partial charge in [-0.25, -0.2) is 0 Å². The van der Waals surface area contributed by atoms with Gasteiger partial charge in [0.2, 0.25) is 0 Å². The van der Waals surface area contributed by atoms with Crippen LogP contribution in [0.3, 0.4) is 0 Å². The molecular formula is C20H21N5O3S. The van der Waals surface area contributed by atoms with Crippen molar-refractivity contribution in [3.63, 3.8) is 0 Å². The zero-order valence-electron chi connectivity index (χ0n) is 16.0. The first-order valence-corrected chi connectivity index (χ1v) is 10.1. The van der Waals surface area contributed by atoms with Crippen LogP contribution >= 0.6 is 11.7 Å². The molecule has 0 unspecified atom stereocenters. The Morgan fingerprint density at radius 2 is 2.10 bits per heavy atom. The summed E-state index contributed by atoms with van der Waals surface area (Å²) in [6, 6.07) is 11.0. The second kappa shape index (κ2) is 8.62. The van der Waals surface area contributed by atoms with Gasteiger partial charge in [-0.3, -0.25) is 14.6 Å². The van der Waals surface area contributed by atoms with Gasteiger partial charge in [-0.1, -0.05) is 6.07 Å². The minimum atomic E-state index is -0.661. The normalized spacial score (nSPS) is 16.7. The molecule has 0 aliphatic carbocycles. The summed E-state index contributed by atoms with van der Waals surface area (Å²) in [6.45, 7) is 1.56. The van der Waals surface area contributed by atoms with Crippen LogP contribution in [0.2, 0.25) is 0 Å². The van der Waals surface area contributed by atoms with Crippen molar-refractivity contribution in [3.05, 3.63) is 53.9 Å². The average Bonchev–Trinajstić information content (AvgIpc) is 3.25. The Kier molecular flexibility index (Phi) is 5.77. The van der Waals surface area contributed by atoms with E-state index in [4.69, 9.17) is 4.74 Å². The molecule has 1 aromatic carbocycles. The van der Waals surface area contributed by atoms with Gasteiger partial charge in [0.25, 0.3) is 11.8 Å². The van der Waals surface area contributed by atoms with Crippen molar-refractivity contribution in [2.75, 3.05) is 33.3 Å². The molecule has 1 aliphatic heterocycles. The lowest BCUT2D eigenvalue weighted by Crippen LogP contribution is -2.52. The molecule has 0 spiro atoms. The molecule has 0 radical (unpaired) electrons. The molecule has 29 heavy (non-hydrogen) atoms. The van der Waals surface area contributed by atoms with Crippen LogP contribution in [-0.4, -0.2) is 74.7 Å². The third kappa shape index (κ3) is 4.41. The van der Waals surface area contributed by atoms with Crippen molar-refractivity contribution < 1.29 is 14.3 Å². The van der Waals surface area contributed by atoms with E-state index in [9.17, 15) is 9.59 Å². The molecule has 4 rings (SSSR count). The Hall–Kier alpha value is -2.91. The van der Waals surface area contributed by atoms with E-state index in [1.807, 2.05) is 18.2 Å². The molecule has 0 saturated carbocycles. The average molecular weight is 411 g/mol. The Morgan fingerprint density at radius 1 is 1.24 bits per heavy atom. The summed E-state index contributed by atoms with van der Waals surface area (Å²) >= 11 is 1.12. The van der Waals surface area contributed by atoms with Gasteiger partial charge in [0.1, 0.15) is 11.0 Å². The molecule has 2 aromatic heterocycles. The predicted molar refractivity (Wildman–Crippen MR) is 109 cm³/mol. The molecule has 9 heteroatoms. The Bertz CT molecular complexity index is 1010. The molecule has 150 valence electrons. The zero-order chi connectivity index (χ0) is 20.2. The van der Waals surface area contributed by atoms with Gasteiger partial charge in [-0.2, -0.15) is 8.75 Å². The number of hydrogen-bond acceptors (Lipinski definition) is 7. The first-order valence-electron chi connectivity index (χ1n) is 9.40. The molecule has 1 fully saturated rings. The number of carbonyl (C=O) groups excluding carboxylic acids is 2. The van der Waals surface area contributed by atoms with Gasteiger partial charge < -0.3 is 14.5 Å². The maximum Gasteiger partial charge on any atom is 0.254 e. The molecule has 0 bridgehead atoms. The second-order valence-electron chi connectivity index (χ2n) is 6.91. The number of fused-ring (bicyclic) bond motifs is 1. The summed E-state index contributed by atoms with van der Waals surface area (Å²) in [5, 5.41) is 0. The Morgan fingerprint density at radius 3 is 2.93 bits per heavy atom. The standard InChI is InChI=1S/C20H21N5O3S/c1-24(9-7-15-4-2-3-8-21-15)20(27)18-13-25(10-11-28-18)19(26)14-5-6-16-17(12-14)23-29-22-16/h2-6,8,12,18H,7,9-11,13H2,1H3/t18-/m0/s1. The van der Waals surface area contributed by atoms with E-state index in [2.05, 4.69) is 13.7 Å². The summed E-state index contributed by atoms with van der Waals surface area (Å²) in [4.78, 5) is 33.3. The van der Waals surface area contributed by atoms with Gasteiger partial charge in [-0.05, 0) is 30.3 Å². The summed E-state index contributed by atoms with van der Waals surface area (Å²) in [6.07, 6.45) is 1.75. The van der Waals surface area contributed by atoms with Gasteiger partial charge in [0, 0.05) is 44.0 Å². The van der Waals surface area contributed by atoms with Gasteiger partial charge in [0.15, 0.2) is 6.10 Å². The van der Waals surface area contributed by atoms with Gasteiger partial charge in [-0.15, -0.1) is 0 Å². The number of morpholine rings is 1. The first kappa shape index (κ1) is 19.4. The lowest BCUT2D eigenvalue weighted by Gasteiger charge is -2.34. The molecule has 1 saturated heterocycles. The highest BCUT2D eigenvalue weighted by molar-refractivity contribution is 7.00. The fourth-order valence-corrected chi connectivity index (χ4v) is 3.78. The van der Waals surface area contributed by atoms with Crippen molar-refractivity contribution in [2.45, 2.75) is 12.5 Å².